The van der Waals surface area contributed by atoms with Crippen molar-refractivity contribution in [1.29, 1.82) is 5.26 Å². The second-order valence-electron chi connectivity index (χ2n) is 4.33. The van der Waals surface area contributed by atoms with E-state index < -0.39 is 11.6 Å². The summed E-state index contributed by atoms with van der Waals surface area (Å²) in [6, 6.07) is 6.08. The lowest BCUT2D eigenvalue weighted by molar-refractivity contribution is 0.564. The maximum absolute atomic E-state index is 13.3. The summed E-state index contributed by atoms with van der Waals surface area (Å²) in [7, 11) is 0. The van der Waals surface area contributed by atoms with Crippen LogP contribution in [0.2, 0.25) is 0 Å². The van der Waals surface area contributed by atoms with Crippen molar-refractivity contribution in [2.24, 2.45) is 0 Å². The molecule has 2 rings (SSSR count). The fourth-order valence-electron chi connectivity index (χ4n) is 1.60. The van der Waals surface area contributed by atoms with Gasteiger partial charge in [-0.1, -0.05) is 0 Å². The molecule has 0 aliphatic heterocycles. The minimum atomic E-state index is -0.567. The Morgan fingerprint density at radius 1 is 1.44 bits per heavy atom. The minimum Gasteiger partial charge on any atom is -0.299 e. The van der Waals surface area contributed by atoms with Gasteiger partial charge in [0.2, 0.25) is 0 Å². The predicted octanol–water partition coefficient (Wildman–Crippen LogP) is 3.09. The van der Waals surface area contributed by atoms with Gasteiger partial charge in [0, 0.05) is 22.8 Å². The molecular formula is C13H14F2N2S. The van der Waals surface area contributed by atoms with Crippen LogP contribution >= 0.6 is 11.8 Å². The maximum Gasteiger partial charge on any atom is 0.139 e. The number of nitriles is 1. The van der Waals surface area contributed by atoms with E-state index in [0.29, 0.717) is 23.1 Å². The summed E-state index contributed by atoms with van der Waals surface area (Å²) in [5.74, 6) is -0.466. The summed E-state index contributed by atoms with van der Waals surface area (Å²) in [6.07, 6.45) is 2.93. The summed E-state index contributed by atoms with van der Waals surface area (Å²) >= 11 is 1.31. The minimum absolute atomic E-state index is 0.173. The van der Waals surface area contributed by atoms with E-state index >= 15 is 0 Å². The van der Waals surface area contributed by atoms with E-state index in [1.165, 1.54) is 23.9 Å². The van der Waals surface area contributed by atoms with Gasteiger partial charge in [0.25, 0.3) is 0 Å². The van der Waals surface area contributed by atoms with E-state index in [9.17, 15) is 8.78 Å². The van der Waals surface area contributed by atoms with E-state index in [-0.39, 0.29) is 6.04 Å². The number of hydrogen-bond donors (Lipinski definition) is 1. The van der Waals surface area contributed by atoms with E-state index in [2.05, 4.69) is 11.4 Å². The normalized spacial score (nSPS) is 16.3. The molecule has 2 nitrogen and oxygen atoms in total. The second-order valence-corrected chi connectivity index (χ2v) is 5.47. The van der Waals surface area contributed by atoms with Crippen molar-refractivity contribution in [2.45, 2.75) is 36.2 Å². The van der Waals surface area contributed by atoms with Crippen LogP contribution in [0.15, 0.2) is 23.1 Å². The van der Waals surface area contributed by atoms with Crippen LogP contribution in [0.25, 0.3) is 0 Å². The Bertz CT molecular complexity index is 455. The predicted molar refractivity (Wildman–Crippen MR) is 67.3 cm³/mol. The fourth-order valence-corrected chi connectivity index (χ4v) is 2.53. The van der Waals surface area contributed by atoms with Crippen LogP contribution in [0.4, 0.5) is 8.78 Å². The van der Waals surface area contributed by atoms with Gasteiger partial charge in [-0.3, -0.25) is 5.32 Å². The second kappa shape index (κ2) is 6.17. The molecule has 1 fully saturated rings. The number of nitrogens with one attached hydrogen (secondary N) is 1. The third kappa shape index (κ3) is 3.97. The number of benzene rings is 1. The van der Waals surface area contributed by atoms with E-state index in [1.807, 2.05) is 0 Å². The zero-order chi connectivity index (χ0) is 13.0. The lowest BCUT2D eigenvalue weighted by atomic mass is 10.2. The number of nitrogens with zero attached hydrogens (tertiary/aromatic N) is 1. The van der Waals surface area contributed by atoms with Gasteiger partial charge in [0.15, 0.2) is 0 Å². The van der Waals surface area contributed by atoms with Gasteiger partial charge in [0.05, 0.1) is 12.1 Å². The highest BCUT2D eigenvalue weighted by molar-refractivity contribution is 7.99. The monoisotopic (exact) mass is 268 g/mol. The molecule has 0 bridgehead atoms. The molecule has 1 N–H and O–H groups in total. The molecule has 1 aromatic carbocycles. The first kappa shape index (κ1) is 13.3. The topological polar surface area (TPSA) is 35.8 Å². The molecule has 0 radical (unpaired) electrons. The zero-order valence-corrected chi connectivity index (χ0v) is 10.6. The number of halogens is 2. The molecule has 0 aromatic heterocycles. The average molecular weight is 268 g/mol. The molecule has 1 unspecified atom stereocenters. The van der Waals surface area contributed by atoms with Crippen LogP contribution in [0.3, 0.4) is 0 Å². The van der Waals surface area contributed by atoms with Gasteiger partial charge < -0.3 is 0 Å². The summed E-state index contributed by atoms with van der Waals surface area (Å²) in [4.78, 5) is 0.430. The van der Waals surface area contributed by atoms with Crippen molar-refractivity contribution < 1.29 is 8.78 Å². The Balaban J connectivity index is 1.78. The third-order valence-corrected chi connectivity index (χ3v) is 3.81. The molecular weight excluding hydrogens is 254 g/mol. The molecule has 0 spiro atoms. The molecule has 1 aliphatic rings. The van der Waals surface area contributed by atoms with Gasteiger partial charge in [-0.2, -0.15) is 5.26 Å². The lowest BCUT2D eigenvalue weighted by Crippen LogP contribution is -2.29. The molecule has 5 heteroatoms. The van der Waals surface area contributed by atoms with E-state index in [1.54, 1.807) is 0 Å². The Morgan fingerprint density at radius 3 is 2.83 bits per heavy atom. The zero-order valence-electron chi connectivity index (χ0n) is 9.83. The SMILES string of the molecule is N#CC(CCSc1ccc(F)cc1F)NC1CC1. The molecule has 1 aromatic rings. The number of thioether (sulfide) groups is 1. The highest BCUT2D eigenvalue weighted by Gasteiger charge is 2.24. The first-order chi connectivity index (χ1) is 8.69. The largest absolute Gasteiger partial charge is 0.299 e. The molecule has 0 amide bonds. The summed E-state index contributed by atoms with van der Waals surface area (Å²) in [5, 5.41) is 12.2. The van der Waals surface area contributed by atoms with Crippen molar-refractivity contribution in [3.05, 3.63) is 29.8 Å². The molecule has 1 aliphatic carbocycles. The van der Waals surface area contributed by atoms with Crippen molar-refractivity contribution >= 4 is 11.8 Å². The van der Waals surface area contributed by atoms with Crippen molar-refractivity contribution in [3.63, 3.8) is 0 Å². The van der Waals surface area contributed by atoms with Gasteiger partial charge in [-0.15, -0.1) is 11.8 Å². The third-order valence-electron chi connectivity index (χ3n) is 2.73. The van der Waals surface area contributed by atoms with Crippen LogP contribution in [0.5, 0.6) is 0 Å². The Hall–Kier alpha value is -1.12. The molecule has 1 atom stereocenters. The van der Waals surface area contributed by atoms with Crippen LogP contribution in [-0.2, 0) is 0 Å². The van der Waals surface area contributed by atoms with Crippen LogP contribution < -0.4 is 5.32 Å². The van der Waals surface area contributed by atoms with Crippen molar-refractivity contribution in [3.8, 4) is 6.07 Å². The lowest BCUT2D eigenvalue weighted by Gasteiger charge is -2.10. The quantitative estimate of drug-likeness (QED) is 0.805. The smallest absolute Gasteiger partial charge is 0.139 e. The fraction of sp³-hybridized carbons (Fsp3) is 0.462. The highest BCUT2D eigenvalue weighted by atomic mass is 32.2. The summed E-state index contributed by atoms with van der Waals surface area (Å²) in [5.41, 5.74) is 0. The van der Waals surface area contributed by atoms with Gasteiger partial charge in [-0.25, -0.2) is 8.78 Å². The molecule has 96 valence electrons. The van der Waals surface area contributed by atoms with Crippen LogP contribution in [0, 0.1) is 23.0 Å². The van der Waals surface area contributed by atoms with Crippen LogP contribution in [0.1, 0.15) is 19.3 Å². The van der Waals surface area contributed by atoms with Gasteiger partial charge >= 0.3 is 0 Å². The molecule has 0 heterocycles. The first-order valence-corrected chi connectivity index (χ1v) is 6.91. The number of hydrogen-bond acceptors (Lipinski definition) is 3. The highest BCUT2D eigenvalue weighted by Crippen LogP contribution is 2.24. The van der Waals surface area contributed by atoms with Crippen molar-refractivity contribution in [1.82, 2.24) is 5.32 Å². The Labute approximate surface area is 109 Å². The Morgan fingerprint density at radius 2 is 2.22 bits per heavy atom. The summed E-state index contributed by atoms with van der Waals surface area (Å²) < 4.78 is 26.0. The molecule has 1 saturated carbocycles. The molecule has 0 saturated heterocycles. The first-order valence-electron chi connectivity index (χ1n) is 5.92. The van der Waals surface area contributed by atoms with Gasteiger partial charge in [-0.05, 0) is 31.4 Å². The van der Waals surface area contributed by atoms with Crippen molar-refractivity contribution in [2.75, 3.05) is 5.75 Å². The summed E-state index contributed by atoms with van der Waals surface area (Å²) in [6.45, 7) is 0. The van der Waals surface area contributed by atoms with E-state index in [4.69, 9.17) is 5.26 Å². The standard InChI is InChI=1S/C13H14F2N2S/c14-9-1-4-13(12(15)7-9)18-6-5-11(8-16)17-10-2-3-10/h1,4,7,10-11,17H,2-3,5-6H2. The average Bonchev–Trinajstić information content (AvgIpc) is 3.14. The Kier molecular flexibility index (Phi) is 4.56. The van der Waals surface area contributed by atoms with E-state index in [0.717, 1.165) is 18.9 Å². The number of rotatable bonds is 6. The van der Waals surface area contributed by atoms with Gasteiger partial charge in [0.1, 0.15) is 11.6 Å². The van der Waals surface area contributed by atoms with Crippen LogP contribution in [-0.4, -0.2) is 17.8 Å². The molecule has 18 heavy (non-hydrogen) atoms. The maximum atomic E-state index is 13.3.